The summed E-state index contributed by atoms with van der Waals surface area (Å²) in [5.74, 6) is 0. The van der Waals surface area contributed by atoms with Crippen LogP contribution in [0.25, 0.3) is 10.2 Å². The van der Waals surface area contributed by atoms with E-state index in [0.29, 0.717) is 0 Å². The third-order valence-corrected chi connectivity index (χ3v) is 3.66. The molecule has 0 spiro atoms. The van der Waals surface area contributed by atoms with Gasteiger partial charge in [-0.1, -0.05) is 57.6 Å². The van der Waals surface area contributed by atoms with Crippen molar-refractivity contribution in [1.29, 1.82) is 0 Å². The normalized spacial score (nSPS) is 10.1. The van der Waals surface area contributed by atoms with Crippen molar-refractivity contribution < 1.29 is 0 Å². The van der Waals surface area contributed by atoms with Gasteiger partial charge in [0.25, 0.3) is 0 Å². The zero-order chi connectivity index (χ0) is 13.1. The van der Waals surface area contributed by atoms with E-state index in [2.05, 4.69) is 35.5 Å². The molecule has 0 bridgehead atoms. The second-order valence-corrected chi connectivity index (χ2v) is 5.34. The van der Waals surface area contributed by atoms with Gasteiger partial charge in [-0.2, -0.15) is 0 Å². The van der Waals surface area contributed by atoms with E-state index in [4.69, 9.17) is 0 Å². The van der Waals surface area contributed by atoms with E-state index in [-0.39, 0.29) is 0 Å². The fraction of sp³-hybridized carbons (Fsp3) is 0.500. The van der Waals surface area contributed by atoms with Crippen LogP contribution in [0.3, 0.4) is 0 Å². The zero-order valence-electron chi connectivity index (χ0n) is 10.9. The molecule has 1 aromatic heterocycles. The van der Waals surface area contributed by atoms with Gasteiger partial charge in [0.15, 0.2) is 0 Å². The Balaban J connectivity index is 0.000000180. The van der Waals surface area contributed by atoms with Crippen LogP contribution < -0.4 is 4.72 Å². The Labute approximate surface area is 119 Å². The number of thiol groups is 1. The number of aromatic nitrogens is 1. The van der Waals surface area contributed by atoms with Gasteiger partial charge in [0.1, 0.15) is 0 Å². The second kappa shape index (κ2) is 10.4. The van der Waals surface area contributed by atoms with Gasteiger partial charge in [0.05, 0.1) is 15.7 Å². The first-order chi connectivity index (χ1) is 8.88. The number of hydrogen-bond acceptors (Lipinski definition) is 4. The Morgan fingerprint density at radius 1 is 1.17 bits per heavy atom. The lowest BCUT2D eigenvalue weighted by molar-refractivity contribution is 0.630. The number of fused-ring (bicyclic) bond motifs is 1. The minimum Gasteiger partial charge on any atom is -0.267 e. The molecular weight excluding hydrogens is 260 g/mol. The van der Waals surface area contributed by atoms with Gasteiger partial charge in [-0.3, -0.25) is 4.72 Å². The predicted octanol–water partition coefficient (Wildman–Crippen LogP) is 4.69. The zero-order valence-corrected chi connectivity index (χ0v) is 12.6. The summed E-state index contributed by atoms with van der Waals surface area (Å²) in [6, 6.07) is 8.13. The lowest BCUT2D eigenvalue weighted by Gasteiger charge is -1.96. The Hall–Kier alpha value is -0.580. The van der Waals surface area contributed by atoms with Gasteiger partial charge >= 0.3 is 0 Å². The molecule has 0 fully saturated rings. The van der Waals surface area contributed by atoms with Crippen molar-refractivity contribution in [2.45, 2.75) is 39.0 Å². The molecule has 0 aliphatic heterocycles. The molecule has 2 rings (SSSR count). The molecule has 18 heavy (non-hydrogen) atoms. The average molecular weight is 282 g/mol. The molecule has 0 unspecified atom stereocenters. The number of benzene rings is 1. The number of unbranched alkanes of at least 4 members (excludes halogenated alkanes) is 4. The molecule has 2 aromatic rings. The van der Waals surface area contributed by atoms with E-state index in [1.165, 1.54) is 36.8 Å². The van der Waals surface area contributed by atoms with Gasteiger partial charge in [0, 0.05) is 6.54 Å². The van der Waals surface area contributed by atoms with E-state index >= 15 is 0 Å². The maximum atomic E-state index is 4.14. The van der Waals surface area contributed by atoms with Crippen LogP contribution in [0.1, 0.15) is 39.0 Å². The first kappa shape index (κ1) is 15.5. The molecule has 0 aliphatic carbocycles. The Kier molecular flexibility index (Phi) is 8.90. The van der Waals surface area contributed by atoms with Crippen LogP contribution in [0.15, 0.2) is 29.8 Å². The fourth-order valence-electron chi connectivity index (χ4n) is 1.61. The topological polar surface area (TPSA) is 24.9 Å². The molecular formula is C14H22N2S2. The summed E-state index contributed by atoms with van der Waals surface area (Å²) in [6.45, 7) is 3.28. The number of para-hydroxylation sites is 1. The van der Waals surface area contributed by atoms with Crippen molar-refractivity contribution in [3.63, 3.8) is 0 Å². The maximum Gasteiger partial charge on any atom is 0.0812 e. The number of nitrogens with zero attached hydrogens (tertiary/aromatic N) is 1. The van der Waals surface area contributed by atoms with Gasteiger partial charge in [0.2, 0.25) is 0 Å². The fourth-order valence-corrected chi connectivity index (χ4v) is 2.45. The van der Waals surface area contributed by atoms with Crippen molar-refractivity contribution in [2.24, 2.45) is 0 Å². The van der Waals surface area contributed by atoms with Crippen molar-refractivity contribution in [1.82, 2.24) is 9.71 Å². The molecule has 0 saturated carbocycles. The van der Waals surface area contributed by atoms with E-state index in [0.717, 1.165) is 12.1 Å². The third kappa shape index (κ3) is 6.38. The highest BCUT2D eigenvalue weighted by Crippen LogP contribution is 2.15. The highest BCUT2D eigenvalue weighted by atomic mass is 32.1. The Bertz CT molecular complexity index is 379. The van der Waals surface area contributed by atoms with Gasteiger partial charge in [-0.05, 0) is 18.6 Å². The minimum atomic E-state index is 1.05. The molecule has 1 heterocycles. The van der Waals surface area contributed by atoms with E-state index < -0.39 is 0 Å². The highest BCUT2D eigenvalue weighted by Gasteiger charge is 1.89. The standard InChI is InChI=1S/C7H5NS.C7H17NS/c1-2-4-7-6(3-1)8-5-9-7;1-2-3-4-5-6-7-8-9/h1-5H;8-9H,2-7H2,1H3. The third-order valence-electron chi connectivity index (χ3n) is 2.63. The number of rotatable bonds is 6. The molecule has 4 heteroatoms. The van der Waals surface area contributed by atoms with Crippen LogP contribution in [0.5, 0.6) is 0 Å². The second-order valence-electron chi connectivity index (χ2n) is 4.14. The lowest BCUT2D eigenvalue weighted by Crippen LogP contribution is -1.99. The van der Waals surface area contributed by atoms with Crippen LogP contribution in [-0.2, 0) is 0 Å². The van der Waals surface area contributed by atoms with Crippen molar-refractivity contribution in [2.75, 3.05) is 6.54 Å². The number of hydrogen-bond donors (Lipinski definition) is 2. The summed E-state index contributed by atoms with van der Waals surface area (Å²) in [4.78, 5) is 4.14. The number of thiazole rings is 1. The average Bonchev–Trinajstić information content (AvgIpc) is 2.88. The summed E-state index contributed by atoms with van der Waals surface area (Å²) < 4.78 is 4.10. The first-order valence-electron chi connectivity index (χ1n) is 6.53. The van der Waals surface area contributed by atoms with Gasteiger partial charge in [-0.15, -0.1) is 11.3 Å². The van der Waals surface area contributed by atoms with Crippen molar-refractivity contribution >= 4 is 34.4 Å². The predicted molar refractivity (Wildman–Crippen MR) is 85.4 cm³/mol. The Morgan fingerprint density at radius 3 is 2.67 bits per heavy atom. The van der Waals surface area contributed by atoms with Gasteiger partial charge < -0.3 is 0 Å². The summed E-state index contributed by atoms with van der Waals surface area (Å²) in [5.41, 5.74) is 2.97. The smallest absolute Gasteiger partial charge is 0.0812 e. The highest BCUT2D eigenvalue weighted by molar-refractivity contribution is 7.78. The Morgan fingerprint density at radius 2 is 1.94 bits per heavy atom. The van der Waals surface area contributed by atoms with Crippen molar-refractivity contribution in [3.05, 3.63) is 29.8 Å². The summed E-state index contributed by atoms with van der Waals surface area (Å²) >= 11 is 5.57. The number of nitrogens with one attached hydrogen (secondary N) is 1. The lowest BCUT2D eigenvalue weighted by atomic mass is 10.2. The molecule has 1 N–H and O–H groups in total. The van der Waals surface area contributed by atoms with Crippen LogP contribution in [-0.4, -0.2) is 11.5 Å². The van der Waals surface area contributed by atoms with E-state index in [1.54, 1.807) is 11.3 Å². The molecule has 0 saturated heterocycles. The van der Waals surface area contributed by atoms with Gasteiger partial charge in [-0.25, -0.2) is 4.98 Å². The monoisotopic (exact) mass is 282 g/mol. The van der Waals surface area contributed by atoms with Crippen molar-refractivity contribution in [3.8, 4) is 0 Å². The molecule has 0 atom stereocenters. The summed E-state index contributed by atoms with van der Waals surface area (Å²) in [7, 11) is 0. The first-order valence-corrected chi connectivity index (χ1v) is 7.86. The van der Waals surface area contributed by atoms with Crippen LogP contribution in [0.4, 0.5) is 0 Å². The quantitative estimate of drug-likeness (QED) is 0.593. The summed E-state index contributed by atoms with van der Waals surface area (Å²) in [6.07, 6.45) is 6.71. The molecule has 2 nitrogen and oxygen atoms in total. The molecule has 100 valence electrons. The molecule has 0 aliphatic rings. The molecule has 1 aromatic carbocycles. The van der Waals surface area contributed by atoms with E-state index in [9.17, 15) is 0 Å². The molecule has 0 amide bonds. The maximum absolute atomic E-state index is 4.14. The minimum absolute atomic E-state index is 1.05. The van der Waals surface area contributed by atoms with E-state index in [1.807, 2.05) is 23.7 Å². The largest absolute Gasteiger partial charge is 0.267 e. The molecule has 0 radical (unpaired) electrons. The SMILES string of the molecule is CCCCCCCNS.c1ccc2scnc2c1. The van der Waals surface area contributed by atoms with Crippen LogP contribution in [0, 0.1) is 0 Å². The van der Waals surface area contributed by atoms with Crippen LogP contribution in [0.2, 0.25) is 0 Å². The summed E-state index contributed by atoms with van der Waals surface area (Å²) in [5, 5.41) is 0. The van der Waals surface area contributed by atoms with Crippen LogP contribution >= 0.6 is 24.2 Å².